The summed E-state index contributed by atoms with van der Waals surface area (Å²) in [4.78, 5) is 14.9. The molecule has 0 aliphatic carbocycles. The summed E-state index contributed by atoms with van der Waals surface area (Å²) in [6.07, 6.45) is 0.865. The van der Waals surface area contributed by atoms with E-state index in [-0.39, 0.29) is 5.91 Å². The molecule has 0 unspecified atom stereocenters. The fourth-order valence-electron chi connectivity index (χ4n) is 3.52. The van der Waals surface area contributed by atoms with Gasteiger partial charge in [0.2, 0.25) is 0 Å². The average Bonchev–Trinajstić information content (AvgIpc) is 3.19. The number of aromatic amines is 1. The van der Waals surface area contributed by atoms with Crippen LogP contribution >= 0.6 is 0 Å². The van der Waals surface area contributed by atoms with E-state index < -0.39 is 0 Å². The first-order chi connectivity index (χ1) is 13.8. The minimum atomic E-state index is -0.139. The molecule has 6 nitrogen and oxygen atoms in total. The summed E-state index contributed by atoms with van der Waals surface area (Å²) in [7, 11) is 0. The van der Waals surface area contributed by atoms with E-state index in [0.717, 1.165) is 42.1 Å². The summed E-state index contributed by atoms with van der Waals surface area (Å²) in [5.74, 6) is 0.661. The maximum atomic E-state index is 12.6. The monoisotopic (exact) mass is 376 g/mol. The van der Waals surface area contributed by atoms with Gasteiger partial charge in [0.1, 0.15) is 23.7 Å². The Labute approximate surface area is 164 Å². The molecule has 4 rings (SSSR count). The number of amides is 1. The van der Waals surface area contributed by atoms with Crippen LogP contribution in [0.15, 0.2) is 54.6 Å². The Bertz CT molecular complexity index is 952. The first-order valence-electron chi connectivity index (χ1n) is 9.65. The van der Waals surface area contributed by atoms with Gasteiger partial charge >= 0.3 is 0 Å². The van der Waals surface area contributed by atoms with Crippen molar-refractivity contribution in [2.45, 2.75) is 20.0 Å². The Hall–Kier alpha value is -3.28. The SMILES string of the molecule is CCN(CCCNC(=O)c1[nH]nc2c1COc1ccccc1-2)c1ccccc1. The van der Waals surface area contributed by atoms with E-state index in [4.69, 9.17) is 4.74 Å². The largest absolute Gasteiger partial charge is 0.488 e. The molecule has 2 aromatic carbocycles. The lowest BCUT2D eigenvalue weighted by Gasteiger charge is -2.23. The van der Waals surface area contributed by atoms with Crippen LogP contribution in [0.3, 0.4) is 0 Å². The van der Waals surface area contributed by atoms with Crippen LogP contribution in [0.1, 0.15) is 29.4 Å². The van der Waals surface area contributed by atoms with Crippen LogP contribution in [0.4, 0.5) is 5.69 Å². The number of fused-ring (bicyclic) bond motifs is 3. The van der Waals surface area contributed by atoms with Gasteiger partial charge in [-0.25, -0.2) is 0 Å². The molecule has 0 spiro atoms. The molecule has 1 aliphatic heterocycles. The summed E-state index contributed by atoms with van der Waals surface area (Å²) >= 11 is 0. The zero-order valence-corrected chi connectivity index (χ0v) is 15.9. The Balaban J connectivity index is 1.35. The number of ether oxygens (including phenoxy) is 1. The van der Waals surface area contributed by atoms with Crippen LogP contribution in [0, 0.1) is 0 Å². The molecule has 6 heteroatoms. The van der Waals surface area contributed by atoms with E-state index in [9.17, 15) is 4.79 Å². The summed E-state index contributed by atoms with van der Waals surface area (Å²) in [6.45, 7) is 4.91. The average molecular weight is 376 g/mol. The Morgan fingerprint density at radius 3 is 2.79 bits per heavy atom. The van der Waals surface area contributed by atoms with Crippen molar-refractivity contribution in [1.29, 1.82) is 0 Å². The van der Waals surface area contributed by atoms with Crippen molar-refractivity contribution in [3.05, 3.63) is 65.9 Å². The minimum Gasteiger partial charge on any atom is -0.488 e. The number of carbonyl (C=O) groups excluding carboxylic acids is 1. The molecule has 0 saturated carbocycles. The third-order valence-electron chi connectivity index (χ3n) is 5.00. The van der Waals surface area contributed by atoms with Gasteiger partial charge in [-0.1, -0.05) is 30.3 Å². The van der Waals surface area contributed by atoms with E-state index >= 15 is 0 Å². The Morgan fingerprint density at radius 2 is 1.96 bits per heavy atom. The van der Waals surface area contributed by atoms with Gasteiger partial charge in [0.25, 0.3) is 5.91 Å². The van der Waals surface area contributed by atoms with Gasteiger partial charge in [-0.3, -0.25) is 9.89 Å². The van der Waals surface area contributed by atoms with Gasteiger partial charge in [-0.05, 0) is 37.6 Å². The molecule has 1 amide bonds. The second-order valence-electron chi connectivity index (χ2n) is 6.74. The lowest BCUT2D eigenvalue weighted by Crippen LogP contribution is -2.30. The number of nitrogens with zero attached hydrogens (tertiary/aromatic N) is 2. The van der Waals surface area contributed by atoms with Crippen LogP contribution in [0.25, 0.3) is 11.3 Å². The van der Waals surface area contributed by atoms with Crippen molar-refractivity contribution in [2.24, 2.45) is 0 Å². The molecule has 1 aromatic heterocycles. The van der Waals surface area contributed by atoms with Crippen LogP contribution in [0.2, 0.25) is 0 Å². The van der Waals surface area contributed by atoms with E-state index in [1.54, 1.807) is 0 Å². The van der Waals surface area contributed by atoms with E-state index in [1.165, 1.54) is 5.69 Å². The van der Waals surface area contributed by atoms with Crippen molar-refractivity contribution in [1.82, 2.24) is 15.5 Å². The van der Waals surface area contributed by atoms with Crippen LogP contribution in [-0.4, -0.2) is 35.7 Å². The second kappa shape index (κ2) is 8.17. The number of carbonyl (C=O) groups is 1. The summed E-state index contributed by atoms with van der Waals surface area (Å²) in [6, 6.07) is 18.1. The highest BCUT2D eigenvalue weighted by Gasteiger charge is 2.25. The first kappa shape index (κ1) is 18.1. The number of nitrogens with one attached hydrogen (secondary N) is 2. The second-order valence-corrected chi connectivity index (χ2v) is 6.74. The van der Waals surface area contributed by atoms with Crippen LogP contribution in [-0.2, 0) is 6.61 Å². The molecular weight excluding hydrogens is 352 g/mol. The number of para-hydroxylation sites is 2. The molecule has 0 saturated heterocycles. The van der Waals surface area contributed by atoms with Crippen molar-refractivity contribution in [3.8, 4) is 17.0 Å². The van der Waals surface area contributed by atoms with Crippen LogP contribution in [0.5, 0.6) is 5.75 Å². The van der Waals surface area contributed by atoms with Gasteiger partial charge in [-0.15, -0.1) is 0 Å². The third kappa shape index (κ3) is 3.58. The predicted molar refractivity (Wildman–Crippen MR) is 110 cm³/mol. The zero-order valence-electron chi connectivity index (χ0n) is 15.9. The van der Waals surface area contributed by atoms with Gasteiger partial charge in [0.15, 0.2) is 0 Å². The lowest BCUT2D eigenvalue weighted by atomic mass is 10.0. The zero-order chi connectivity index (χ0) is 19.3. The summed E-state index contributed by atoms with van der Waals surface area (Å²) < 4.78 is 5.77. The number of benzene rings is 2. The van der Waals surface area contributed by atoms with Crippen molar-refractivity contribution >= 4 is 11.6 Å². The third-order valence-corrected chi connectivity index (χ3v) is 5.00. The molecule has 0 radical (unpaired) electrons. The molecule has 1 aliphatic rings. The highest BCUT2D eigenvalue weighted by Crippen LogP contribution is 2.36. The first-order valence-corrected chi connectivity index (χ1v) is 9.65. The maximum Gasteiger partial charge on any atom is 0.269 e. The lowest BCUT2D eigenvalue weighted by molar-refractivity contribution is 0.0946. The molecule has 0 atom stereocenters. The van der Waals surface area contributed by atoms with Crippen molar-refractivity contribution < 1.29 is 9.53 Å². The quantitative estimate of drug-likeness (QED) is 0.618. The molecule has 2 N–H and O–H groups in total. The summed E-state index contributed by atoms with van der Waals surface area (Å²) in [5.41, 5.74) is 4.22. The maximum absolute atomic E-state index is 12.6. The molecule has 0 bridgehead atoms. The normalized spacial score (nSPS) is 11.9. The van der Waals surface area contributed by atoms with E-state index in [0.29, 0.717) is 18.8 Å². The van der Waals surface area contributed by atoms with Gasteiger partial charge in [-0.2, -0.15) is 5.10 Å². The molecule has 3 aromatic rings. The number of H-pyrrole nitrogens is 1. The Morgan fingerprint density at radius 1 is 1.18 bits per heavy atom. The number of anilines is 1. The smallest absolute Gasteiger partial charge is 0.269 e. The van der Waals surface area contributed by atoms with Gasteiger partial charge < -0.3 is 15.0 Å². The van der Waals surface area contributed by atoms with E-state index in [1.807, 2.05) is 42.5 Å². The van der Waals surface area contributed by atoms with Crippen molar-refractivity contribution in [3.63, 3.8) is 0 Å². The van der Waals surface area contributed by atoms with E-state index in [2.05, 4.69) is 39.5 Å². The highest BCUT2D eigenvalue weighted by molar-refractivity contribution is 5.96. The fraction of sp³-hybridized carbons (Fsp3) is 0.273. The van der Waals surface area contributed by atoms with Gasteiger partial charge in [0.05, 0.1) is 0 Å². The molecular formula is C22H24N4O2. The number of hydrogen-bond donors (Lipinski definition) is 2. The van der Waals surface area contributed by atoms with Crippen molar-refractivity contribution in [2.75, 3.05) is 24.5 Å². The molecule has 28 heavy (non-hydrogen) atoms. The molecule has 2 heterocycles. The minimum absolute atomic E-state index is 0.139. The summed E-state index contributed by atoms with van der Waals surface area (Å²) in [5, 5.41) is 10.2. The van der Waals surface area contributed by atoms with Crippen LogP contribution < -0.4 is 15.0 Å². The number of rotatable bonds is 7. The highest BCUT2D eigenvalue weighted by atomic mass is 16.5. The Kier molecular flexibility index (Phi) is 5.28. The molecule has 144 valence electrons. The predicted octanol–water partition coefficient (Wildman–Crippen LogP) is 3.62. The number of hydrogen-bond acceptors (Lipinski definition) is 4. The van der Waals surface area contributed by atoms with Gasteiger partial charge in [0, 0.05) is 36.4 Å². The fourth-order valence-corrected chi connectivity index (χ4v) is 3.52. The molecule has 0 fully saturated rings. The topological polar surface area (TPSA) is 70.2 Å². The standard InChI is InChI=1S/C22H24N4O2/c1-2-26(16-9-4-3-5-10-16)14-8-13-23-22(27)21-18-15-28-19-12-7-6-11-17(19)20(18)24-25-21/h3-7,9-12H,2,8,13-15H2,1H3,(H,23,27)(H,24,25). The number of aromatic nitrogens is 2.